The Bertz CT molecular complexity index is 283. The molecular formula is C8H12N4O. The zero-order valence-electron chi connectivity index (χ0n) is 7.45. The van der Waals surface area contributed by atoms with Crippen LogP contribution in [0.3, 0.4) is 0 Å². The molecule has 0 aromatic carbocycles. The number of hydrazine groups is 1. The van der Waals surface area contributed by atoms with Crippen LogP contribution in [0.25, 0.3) is 0 Å². The minimum absolute atomic E-state index is 0.238. The Morgan fingerprint density at radius 3 is 2.77 bits per heavy atom. The average Bonchev–Trinajstić information content (AvgIpc) is 2.18. The molecule has 13 heavy (non-hydrogen) atoms. The van der Waals surface area contributed by atoms with Crippen molar-refractivity contribution in [1.82, 2.24) is 15.4 Å². The van der Waals surface area contributed by atoms with E-state index in [0.717, 1.165) is 18.5 Å². The Morgan fingerprint density at radius 1 is 1.54 bits per heavy atom. The van der Waals surface area contributed by atoms with Crippen molar-refractivity contribution in [3.63, 3.8) is 0 Å². The fraction of sp³-hybridized carbons (Fsp3) is 0.375. The third-order valence-electron chi connectivity index (χ3n) is 1.58. The number of nitrogens with two attached hydrogens (primary N) is 1. The predicted octanol–water partition coefficient (Wildman–Crippen LogP) is 0.0326. The molecule has 0 unspecified atom stereocenters. The van der Waals surface area contributed by atoms with E-state index in [1.807, 2.05) is 5.43 Å². The highest BCUT2D eigenvalue weighted by atomic mass is 16.2. The number of nitrogens with one attached hydrogen (secondary N) is 1. The summed E-state index contributed by atoms with van der Waals surface area (Å²) in [6.45, 7) is 2.06. The fourth-order valence-corrected chi connectivity index (χ4v) is 0.931. The van der Waals surface area contributed by atoms with Crippen molar-refractivity contribution in [2.75, 3.05) is 0 Å². The monoisotopic (exact) mass is 180 g/mol. The first-order valence-electron chi connectivity index (χ1n) is 4.09. The van der Waals surface area contributed by atoms with Crippen molar-refractivity contribution in [2.45, 2.75) is 19.8 Å². The van der Waals surface area contributed by atoms with Crippen molar-refractivity contribution in [1.29, 1.82) is 0 Å². The van der Waals surface area contributed by atoms with E-state index in [1.165, 1.54) is 6.20 Å². The van der Waals surface area contributed by atoms with Crippen LogP contribution in [0, 0.1) is 0 Å². The molecule has 5 nitrogen and oxygen atoms in total. The lowest BCUT2D eigenvalue weighted by Crippen LogP contribution is -2.30. The van der Waals surface area contributed by atoms with Crippen LogP contribution < -0.4 is 11.3 Å². The maximum absolute atomic E-state index is 10.9. The molecule has 0 aliphatic carbocycles. The van der Waals surface area contributed by atoms with Crippen LogP contribution >= 0.6 is 0 Å². The highest BCUT2D eigenvalue weighted by molar-refractivity contribution is 5.91. The molecule has 70 valence electrons. The molecule has 0 aliphatic rings. The standard InChI is InChI=1S/C8H12N4O/c1-2-3-6-4-11-7(5-10-6)8(13)12-9/h4-5H,2-3,9H2,1H3,(H,12,13). The van der Waals surface area contributed by atoms with Crippen molar-refractivity contribution in [3.8, 4) is 0 Å². The fourth-order valence-electron chi connectivity index (χ4n) is 0.931. The van der Waals surface area contributed by atoms with E-state index in [2.05, 4.69) is 16.9 Å². The summed E-state index contributed by atoms with van der Waals surface area (Å²) in [6.07, 6.45) is 4.90. The second kappa shape index (κ2) is 4.51. The average molecular weight is 180 g/mol. The molecule has 1 heterocycles. The second-order valence-electron chi connectivity index (χ2n) is 2.62. The zero-order chi connectivity index (χ0) is 9.68. The molecule has 0 radical (unpaired) electrons. The van der Waals surface area contributed by atoms with Crippen LogP contribution in [0.15, 0.2) is 12.4 Å². The Kier molecular flexibility index (Phi) is 3.33. The van der Waals surface area contributed by atoms with Gasteiger partial charge in [0.1, 0.15) is 5.69 Å². The van der Waals surface area contributed by atoms with Crippen LogP contribution in [0.4, 0.5) is 0 Å². The summed E-state index contributed by atoms with van der Waals surface area (Å²) >= 11 is 0. The Morgan fingerprint density at radius 2 is 2.31 bits per heavy atom. The molecule has 0 saturated carbocycles. The highest BCUT2D eigenvalue weighted by Crippen LogP contribution is 1.98. The second-order valence-corrected chi connectivity index (χ2v) is 2.62. The number of carbonyl (C=O) groups is 1. The van der Waals surface area contributed by atoms with Crippen LogP contribution in [0.5, 0.6) is 0 Å². The van der Waals surface area contributed by atoms with Gasteiger partial charge >= 0.3 is 0 Å². The van der Waals surface area contributed by atoms with Gasteiger partial charge in [0.2, 0.25) is 0 Å². The van der Waals surface area contributed by atoms with Gasteiger partial charge in [0.15, 0.2) is 0 Å². The summed E-state index contributed by atoms with van der Waals surface area (Å²) in [5.74, 6) is 4.51. The van der Waals surface area contributed by atoms with E-state index in [4.69, 9.17) is 5.84 Å². The summed E-state index contributed by atoms with van der Waals surface area (Å²) in [7, 11) is 0. The number of aromatic nitrogens is 2. The van der Waals surface area contributed by atoms with Crippen LogP contribution in [0.2, 0.25) is 0 Å². The molecular weight excluding hydrogens is 168 g/mol. The maximum atomic E-state index is 10.9. The van der Waals surface area contributed by atoms with E-state index in [9.17, 15) is 4.79 Å². The number of nitrogens with zero attached hydrogens (tertiary/aromatic N) is 2. The first-order chi connectivity index (χ1) is 6.27. The molecule has 0 bridgehead atoms. The summed E-state index contributed by atoms with van der Waals surface area (Å²) in [6, 6.07) is 0. The Balaban J connectivity index is 2.75. The van der Waals surface area contributed by atoms with E-state index in [1.54, 1.807) is 6.20 Å². The Labute approximate surface area is 76.4 Å². The molecule has 3 N–H and O–H groups in total. The largest absolute Gasteiger partial charge is 0.289 e. The molecule has 1 aromatic rings. The molecule has 1 rings (SSSR count). The molecule has 5 heteroatoms. The first kappa shape index (κ1) is 9.60. The minimum Gasteiger partial charge on any atom is -0.289 e. The van der Waals surface area contributed by atoms with Gasteiger partial charge < -0.3 is 0 Å². The van der Waals surface area contributed by atoms with Gasteiger partial charge in [0, 0.05) is 6.20 Å². The van der Waals surface area contributed by atoms with E-state index < -0.39 is 5.91 Å². The molecule has 0 saturated heterocycles. The molecule has 0 atom stereocenters. The quantitative estimate of drug-likeness (QED) is 0.390. The topological polar surface area (TPSA) is 80.9 Å². The van der Waals surface area contributed by atoms with Gasteiger partial charge in [0.25, 0.3) is 5.91 Å². The summed E-state index contributed by atoms with van der Waals surface area (Å²) in [5.41, 5.74) is 3.11. The highest BCUT2D eigenvalue weighted by Gasteiger charge is 2.04. The SMILES string of the molecule is CCCc1cnc(C(=O)NN)cn1. The third-order valence-corrected chi connectivity index (χ3v) is 1.58. The van der Waals surface area contributed by atoms with Crippen LogP contribution in [-0.4, -0.2) is 15.9 Å². The number of amides is 1. The number of hydrogen-bond acceptors (Lipinski definition) is 4. The van der Waals surface area contributed by atoms with Gasteiger partial charge in [-0.25, -0.2) is 10.8 Å². The summed E-state index contributed by atoms with van der Waals surface area (Å²) < 4.78 is 0. The number of hydrogen-bond donors (Lipinski definition) is 2. The van der Waals surface area contributed by atoms with Crippen molar-refractivity contribution >= 4 is 5.91 Å². The van der Waals surface area contributed by atoms with Gasteiger partial charge in [-0.15, -0.1) is 0 Å². The predicted molar refractivity (Wildman–Crippen MR) is 47.7 cm³/mol. The first-order valence-corrected chi connectivity index (χ1v) is 4.09. The lowest BCUT2D eigenvalue weighted by Gasteiger charge is -1.99. The molecule has 0 aliphatic heterocycles. The van der Waals surface area contributed by atoms with Crippen LogP contribution in [0.1, 0.15) is 29.5 Å². The van der Waals surface area contributed by atoms with E-state index >= 15 is 0 Å². The lowest BCUT2D eigenvalue weighted by atomic mass is 10.2. The van der Waals surface area contributed by atoms with Crippen molar-refractivity contribution < 1.29 is 4.79 Å². The zero-order valence-corrected chi connectivity index (χ0v) is 7.45. The number of carbonyl (C=O) groups excluding carboxylic acids is 1. The summed E-state index contributed by atoms with van der Waals surface area (Å²) in [4.78, 5) is 18.9. The van der Waals surface area contributed by atoms with Gasteiger partial charge in [0.05, 0.1) is 11.9 Å². The Hall–Kier alpha value is -1.49. The van der Waals surface area contributed by atoms with Gasteiger partial charge in [-0.3, -0.25) is 15.2 Å². The molecule has 0 fully saturated rings. The summed E-state index contributed by atoms with van der Waals surface area (Å²) in [5, 5.41) is 0. The number of aryl methyl sites for hydroxylation is 1. The lowest BCUT2D eigenvalue weighted by molar-refractivity contribution is 0.0948. The normalized spacial score (nSPS) is 9.69. The number of rotatable bonds is 3. The van der Waals surface area contributed by atoms with Crippen LogP contribution in [-0.2, 0) is 6.42 Å². The van der Waals surface area contributed by atoms with E-state index in [-0.39, 0.29) is 5.69 Å². The maximum Gasteiger partial charge on any atom is 0.285 e. The molecule has 1 amide bonds. The van der Waals surface area contributed by atoms with Gasteiger partial charge in [-0.2, -0.15) is 0 Å². The van der Waals surface area contributed by atoms with E-state index in [0.29, 0.717) is 0 Å². The number of nitrogen functional groups attached to an aromatic ring is 1. The molecule has 0 spiro atoms. The van der Waals surface area contributed by atoms with Crippen molar-refractivity contribution in [3.05, 3.63) is 23.8 Å². The van der Waals surface area contributed by atoms with Gasteiger partial charge in [-0.05, 0) is 6.42 Å². The molecule has 1 aromatic heterocycles. The van der Waals surface area contributed by atoms with Crippen molar-refractivity contribution in [2.24, 2.45) is 5.84 Å². The van der Waals surface area contributed by atoms with Gasteiger partial charge in [-0.1, -0.05) is 13.3 Å². The third kappa shape index (κ3) is 2.48. The smallest absolute Gasteiger partial charge is 0.285 e. The minimum atomic E-state index is -0.421.